The minimum atomic E-state index is 0.0309. The molecular formula is C19H23N3O2S. The van der Waals surface area contributed by atoms with Crippen LogP contribution in [0.25, 0.3) is 0 Å². The maximum atomic E-state index is 12.7. The highest BCUT2D eigenvalue weighted by Crippen LogP contribution is 2.28. The maximum absolute atomic E-state index is 12.7. The van der Waals surface area contributed by atoms with Crippen molar-refractivity contribution in [1.82, 2.24) is 14.8 Å². The number of hydrogen-bond acceptors (Lipinski definition) is 5. The monoisotopic (exact) mass is 357 g/mol. The van der Waals surface area contributed by atoms with Gasteiger partial charge in [0.1, 0.15) is 21.7 Å². The number of amides is 1. The number of hydrogen-bond donors (Lipinski definition) is 0. The fourth-order valence-electron chi connectivity index (χ4n) is 3.55. The van der Waals surface area contributed by atoms with E-state index in [9.17, 15) is 4.79 Å². The molecule has 0 radical (unpaired) electrons. The zero-order chi connectivity index (χ0) is 17.2. The van der Waals surface area contributed by atoms with Crippen molar-refractivity contribution in [2.45, 2.75) is 31.9 Å². The molecule has 25 heavy (non-hydrogen) atoms. The van der Waals surface area contributed by atoms with Crippen LogP contribution in [0, 0.1) is 0 Å². The number of carbonyl (C=O) groups is 1. The van der Waals surface area contributed by atoms with Crippen molar-refractivity contribution in [2.24, 2.45) is 0 Å². The Balaban J connectivity index is 1.34. The van der Waals surface area contributed by atoms with E-state index in [0.29, 0.717) is 11.4 Å². The summed E-state index contributed by atoms with van der Waals surface area (Å²) in [4.78, 5) is 22.0. The lowest BCUT2D eigenvalue weighted by atomic mass is 10.1. The van der Waals surface area contributed by atoms with Crippen LogP contribution in [-0.4, -0.2) is 53.5 Å². The molecule has 5 nitrogen and oxygen atoms in total. The Bertz CT molecular complexity index is 730. The van der Waals surface area contributed by atoms with Gasteiger partial charge in [-0.3, -0.25) is 9.69 Å². The Morgan fingerprint density at radius 3 is 2.96 bits per heavy atom. The molecule has 1 atom stereocenters. The van der Waals surface area contributed by atoms with Crippen molar-refractivity contribution in [2.75, 3.05) is 26.7 Å². The van der Waals surface area contributed by atoms with Gasteiger partial charge in [-0.2, -0.15) is 0 Å². The Morgan fingerprint density at radius 2 is 2.16 bits per heavy atom. The lowest BCUT2D eigenvalue weighted by Gasteiger charge is -2.20. The molecule has 0 saturated carbocycles. The summed E-state index contributed by atoms with van der Waals surface area (Å²) in [6, 6.07) is 8.09. The first-order valence-electron chi connectivity index (χ1n) is 8.86. The molecule has 4 rings (SSSR count). The fraction of sp³-hybridized carbons (Fsp3) is 0.474. The topological polar surface area (TPSA) is 45.7 Å². The standard InChI is InChI=1S/C19H23N3O2S/c1-21(12-15-10-14-6-2-3-7-16(14)24-15)19(23)17-11-20-18(25-17)13-22-8-4-5-9-22/h2-3,6-7,11,15H,4-5,8-10,12-13H2,1H3/t15-/m0/s1. The Labute approximate surface area is 152 Å². The van der Waals surface area contributed by atoms with Crippen LogP contribution in [0.3, 0.4) is 0 Å². The Hall–Kier alpha value is -1.92. The molecule has 0 aliphatic carbocycles. The van der Waals surface area contributed by atoms with Crippen LogP contribution >= 0.6 is 11.3 Å². The summed E-state index contributed by atoms with van der Waals surface area (Å²) < 4.78 is 5.94. The summed E-state index contributed by atoms with van der Waals surface area (Å²) in [7, 11) is 1.84. The predicted octanol–water partition coefficient (Wildman–Crippen LogP) is 2.81. The van der Waals surface area contributed by atoms with Gasteiger partial charge in [-0.05, 0) is 37.6 Å². The molecule has 1 saturated heterocycles. The van der Waals surface area contributed by atoms with Crippen LogP contribution in [0.2, 0.25) is 0 Å². The third-order valence-corrected chi connectivity index (χ3v) is 5.83. The highest BCUT2D eigenvalue weighted by Gasteiger charge is 2.26. The van der Waals surface area contributed by atoms with Crippen molar-refractivity contribution in [3.63, 3.8) is 0 Å². The van der Waals surface area contributed by atoms with Gasteiger partial charge in [-0.15, -0.1) is 11.3 Å². The van der Waals surface area contributed by atoms with Crippen LogP contribution in [-0.2, 0) is 13.0 Å². The first kappa shape index (κ1) is 16.5. The number of para-hydroxylation sites is 1. The summed E-state index contributed by atoms with van der Waals surface area (Å²) in [6.07, 6.45) is 5.15. The average molecular weight is 357 g/mol. The molecule has 2 aliphatic heterocycles. The van der Waals surface area contributed by atoms with Gasteiger partial charge in [-0.25, -0.2) is 4.98 Å². The highest BCUT2D eigenvalue weighted by atomic mass is 32.1. The number of likely N-dealkylation sites (N-methyl/N-ethyl adjacent to an activating group) is 1. The molecule has 1 aromatic heterocycles. The van der Waals surface area contributed by atoms with E-state index in [0.717, 1.165) is 36.8 Å². The van der Waals surface area contributed by atoms with Gasteiger partial charge in [-0.1, -0.05) is 18.2 Å². The molecule has 1 aromatic carbocycles. The molecule has 0 spiro atoms. The van der Waals surface area contributed by atoms with Gasteiger partial charge in [0.05, 0.1) is 19.3 Å². The van der Waals surface area contributed by atoms with Gasteiger partial charge in [0.15, 0.2) is 0 Å². The van der Waals surface area contributed by atoms with E-state index >= 15 is 0 Å². The van der Waals surface area contributed by atoms with Crippen molar-refractivity contribution >= 4 is 17.2 Å². The summed E-state index contributed by atoms with van der Waals surface area (Å²) >= 11 is 1.52. The SMILES string of the molecule is CN(C[C@@H]1Cc2ccccc2O1)C(=O)c1cnc(CN2CCCC2)s1. The van der Waals surface area contributed by atoms with Gasteiger partial charge in [0.25, 0.3) is 5.91 Å². The quantitative estimate of drug-likeness (QED) is 0.825. The Morgan fingerprint density at radius 1 is 1.36 bits per heavy atom. The smallest absolute Gasteiger partial charge is 0.265 e. The van der Waals surface area contributed by atoms with Crippen LogP contribution in [0.5, 0.6) is 5.75 Å². The third-order valence-electron chi connectivity index (χ3n) is 4.86. The van der Waals surface area contributed by atoms with E-state index in [-0.39, 0.29) is 12.0 Å². The van der Waals surface area contributed by atoms with Crippen molar-refractivity contribution in [3.8, 4) is 5.75 Å². The number of carbonyl (C=O) groups excluding carboxylic acids is 1. The van der Waals surface area contributed by atoms with E-state index in [2.05, 4.69) is 16.0 Å². The second kappa shape index (κ2) is 7.14. The number of fused-ring (bicyclic) bond motifs is 1. The van der Waals surface area contributed by atoms with Crippen LogP contribution in [0.15, 0.2) is 30.5 Å². The molecule has 2 aromatic rings. The van der Waals surface area contributed by atoms with Crippen molar-refractivity contribution in [1.29, 1.82) is 0 Å². The lowest BCUT2D eigenvalue weighted by Crippen LogP contribution is -2.36. The van der Waals surface area contributed by atoms with E-state index in [1.165, 1.54) is 29.7 Å². The van der Waals surface area contributed by atoms with E-state index in [1.54, 1.807) is 11.1 Å². The second-order valence-electron chi connectivity index (χ2n) is 6.84. The summed E-state index contributed by atoms with van der Waals surface area (Å²) in [6.45, 7) is 3.74. The molecule has 2 aliphatic rings. The molecular weight excluding hydrogens is 334 g/mol. The lowest BCUT2D eigenvalue weighted by molar-refractivity contribution is 0.0735. The average Bonchev–Trinajstić information content (AvgIpc) is 3.34. The largest absolute Gasteiger partial charge is 0.488 e. The Kier molecular flexibility index (Phi) is 4.72. The first-order chi connectivity index (χ1) is 12.2. The maximum Gasteiger partial charge on any atom is 0.265 e. The molecule has 132 valence electrons. The number of ether oxygens (including phenoxy) is 1. The molecule has 0 unspecified atom stereocenters. The van der Waals surface area contributed by atoms with Crippen LogP contribution in [0.4, 0.5) is 0 Å². The van der Waals surface area contributed by atoms with Gasteiger partial charge < -0.3 is 9.64 Å². The fourth-order valence-corrected chi connectivity index (χ4v) is 4.50. The molecule has 6 heteroatoms. The molecule has 1 amide bonds. The molecule has 1 fully saturated rings. The number of thiazole rings is 1. The summed E-state index contributed by atoms with van der Waals surface area (Å²) in [5, 5.41) is 1.03. The minimum Gasteiger partial charge on any atom is -0.488 e. The normalized spacial score (nSPS) is 19.6. The van der Waals surface area contributed by atoms with Crippen LogP contribution < -0.4 is 4.74 Å². The molecule has 0 bridgehead atoms. The number of nitrogens with zero attached hydrogens (tertiary/aromatic N) is 3. The van der Waals surface area contributed by atoms with E-state index in [1.807, 2.05) is 25.2 Å². The third kappa shape index (κ3) is 3.70. The van der Waals surface area contributed by atoms with Gasteiger partial charge in [0.2, 0.25) is 0 Å². The summed E-state index contributed by atoms with van der Waals surface area (Å²) in [5.74, 6) is 0.976. The van der Waals surface area contributed by atoms with Gasteiger partial charge in [0, 0.05) is 13.5 Å². The zero-order valence-electron chi connectivity index (χ0n) is 14.5. The predicted molar refractivity (Wildman–Crippen MR) is 98.1 cm³/mol. The van der Waals surface area contributed by atoms with Gasteiger partial charge >= 0.3 is 0 Å². The van der Waals surface area contributed by atoms with Crippen molar-refractivity contribution < 1.29 is 9.53 Å². The molecule has 0 N–H and O–H groups in total. The second-order valence-corrected chi connectivity index (χ2v) is 7.95. The number of aromatic nitrogens is 1. The van der Waals surface area contributed by atoms with E-state index in [4.69, 9.17) is 4.74 Å². The van der Waals surface area contributed by atoms with Crippen molar-refractivity contribution in [3.05, 3.63) is 45.9 Å². The molecule has 3 heterocycles. The highest BCUT2D eigenvalue weighted by molar-refractivity contribution is 7.13. The number of rotatable bonds is 5. The van der Waals surface area contributed by atoms with Crippen LogP contribution in [0.1, 0.15) is 33.1 Å². The minimum absolute atomic E-state index is 0.0309. The van der Waals surface area contributed by atoms with E-state index < -0.39 is 0 Å². The first-order valence-corrected chi connectivity index (χ1v) is 9.68. The number of benzene rings is 1. The summed E-state index contributed by atoms with van der Waals surface area (Å²) in [5.41, 5.74) is 1.22. The zero-order valence-corrected chi connectivity index (χ0v) is 15.3. The number of likely N-dealkylation sites (tertiary alicyclic amines) is 1.